The molecular formula is C24H28F3N5O3. The zero-order valence-corrected chi connectivity index (χ0v) is 19.9. The number of anilines is 2. The molecule has 1 aliphatic rings. The Labute approximate surface area is 201 Å². The van der Waals surface area contributed by atoms with E-state index in [0.29, 0.717) is 52.8 Å². The van der Waals surface area contributed by atoms with Crippen LogP contribution in [0.25, 0.3) is 10.9 Å². The molecule has 8 nitrogen and oxygen atoms in total. The molecule has 0 bridgehead atoms. The van der Waals surface area contributed by atoms with Crippen molar-refractivity contribution in [3.8, 4) is 11.5 Å². The molecule has 1 unspecified atom stereocenters. The van der Waals surface area contributed by atoms with E-state index in [-0.39, 0.29) is 17.8 Å². The van der Waals surface area contributed by atoms with Crippen LogP contribution in [-0.2, 0) is 10.9 Å². The molecule has 3 aromatic rings. The SMILES string of the molecule is COc1cc2nc(C)nc(N[C@H](C)c3cc(N)nc(C(F)(F)F)c3)c2cc1OC(C)[C@@H]1CCOC1. The molecule has 0 aliphatic carbocycles. The molecule has 1 saturated heterocycles. The number of halogens is 3. The van der Waals surface area contributed by atoms with Crippen LogP contribution in [0.4, 0.5) is 24.8 Å². The molecule has 1 aliphatic heterocycles. The topological polar surface area (TPSA) is 104 Å². The number of nitrogens with zero attached hydrogens (tertiary/aromatic N) is 3. The Morgan fingerprint density at radius 2 is 1.89 bits per heavy atom. The van der Waals surface area contributed by atoms with Gasteiger partial charge in [0.15, 0.2) is 11.5 Å². The van der Waals surface area contributed by atoms with E-state index in [4.69, 9.17) is 19.9 Å². The lowest BCUT2D eigenvalue weighted by Gasteiger charge is -2.22. The number of hydrogen-bond donors (Lipinski definition) is 2. The number of nitrogen functional groups attached to an aromatic ring is 1. The van der Waals surface area contributed by atoms with Gasteiger partial charge < -0.3 is 25.3 Å². The highest BCUT2D eigenvalue weighted by Crippen LogP contribution is 2.37. The largest absolute Gasteiger partial charge is 0.493 e. The van der Waals surface area contributed by atoms with Gasteiger partial charge in [0.05, 0.1) is 25.3 Å². The van der Waals surface area contributed by atoms with E-state index in [1.165, 1.54) is 6.07 Å². The molecule has 4 rings (SSSR count). The summed E-state index contributed by atoms with van der Waals surface area (Å²) in [6, 6.07) is 5.38. The molecule has 0 spiro atoms. The number of nitrogens with one attached hydrogen (secondary N) is 1. The molecule has 188 valence electrons. The number of pyridine rings is 1. The van der Waals surface area contributed by atoms with Crippen LogP contribution >= 0.6 is 0 Å². The highest BCUT2D eigenvalue weighted by atomic mass is 19.4. The van der Waals surface area contributed by atoms with E-state index in [1.807, 2.05) is 6.92 Å². The standard InChI is InChI=1S/C24H28F3N5O3/c1-12(16-7-21(24(25,26)27)32-22(28)8-16)29-23-17-9-20(35-13(2)15-5-6-34-11-15)19(33-4)10-18(17)30-14(3)31-23/h7-10,12-13,15H,5-6,11H2,1-4H3,(H2,28,32)(H,29,30,31)/t12-,13?,15-/m1/s1. The normalized spacial score (nSPS) is 17.9. The molecule has 2 aromatic heterocycles. The summed E-state index contributed by atoms with van der Waals surface area (Å²) in [4.78, 5) is 12.4. The van der Waals surface area contributed by atoms with Crippen LogP contribution in [0.15, 0.2) is 24.3 Å². The Hall–Kier alpha value is -3.34. The van der Waals surface area contributed by atoms with Crippen molar-refractivity contribution < 1.29 is 27.4 Å². The Balaban J connectivity index is 1.70. The van der Waals surface area contributed by atoms with E-state index in [0.717, 1.165) is 12.5 Å². The summed E-state index contributed by atoms with van der Waals surface area (Å²) in [7, 11) is 1.55. The summed E-state index contributed by atoms with van der Waals surface area (Å²) in [5.74, 6) is 2.05. The third-order valence-electron chi connectivity index (χ3n) is 6.05. The van der Waals surface area contributed by atoms with Crippen molar-refractivity contribution in [1.29, 1.82) is 0 Å². The monoisotopic (exact) mass is 491 g/mol. The molecule has 3 N–H and O–H groups in total. The maximum atomic E-state index is 13.2. The van der Waals surface area contributed by atoms with Crippen molar-refractivity contribution in [3.05, 3.63) is 41.3 Å². The lowest BCUT2D eigenvalue weighted by molar-refractivity contribution is -0.141. The summed E-state index contributed by atoms with van der Waals surface area (Å²) in [5, 5.41) is 3.85. The second-order valence-corrected chi connectivity index (χ2v) is 8.66. The van der Waals surface area contributed by atoms with Crippen LogP contribution in [0.3, 0.4) is 0 Å². The average Bonchev–Trinajstić information content (AvgIpc) is 3.33. The van der Waals surface area contributed by atoms with E-state index < -0.39 is 17.9 Å². The van der Waals surface area contributed by atoms with Crippen LogP contribution in [-0.4, -0.2) is 41.4 Å². The average molecular weight is 492 g/mol. The Kier molecular flexibility index (Phi) is 6.88. The molecule has 1 fully saturated rings. The molecule has 1 aromatic carbocycles. The van der Waals surface area contributed by atoms with E-state index >= 15 is 0 Å². The lowest BCUT2D eigenvalue weighted by Crippen LogP contribution is -2.24. The lowest BCUT2D eigenvalue weighted by atomic mass is 10.0. The summed E-state index contributed by atoms with van der Waals surface area (Å²) in [5.41, 5.74) is 5.54. The quantitative estimate of drug-likeness (QED) is 0.480. The minimum Gasteiger partial charge on any atom is -0.493 e. The third kappa shape index (κ3) is 5.50. The van der Waals surface area contributed by atoms with Crippen molar-refractivity contribution >= 4 is 22.5 Å². The van der Waals surface area contributed by atoms with Crippen molar-refractivity contribution in [3.63, 3.8) is 0 Å². The Morgan fingerprint density at radius 1 is 1.11 bits per heavy atom. The fourth-order valence-corrected chi connectivity index (χ4v) is 4.09. The van der Waals surface area contributed by atoms with Gasteiger partial charge in [0.2, 0.25) is 0 Å². The predicted molar refractivity (Wildman–Crippen MR) is 126 cm³/mol. The predicted octanol–water partition coefficient (Wildman–Crippen LogP) is 4.92. The van der Waals surface area contributed by atoms with Gasteiger partial charge >= 0.3 is 6.18 Å². The van der Waals surface area contributed by atoms with Crippen LogP contribution in [0.2, 0.25) is 0 Å². The number of methoxy groups -OCH3 is 1. The number of nitrogens with two attached hydrogens (primary N) is 1. The summed E-state index contributed by atoms with van der Waals surface area (Å²) in [6.07, 6.45) is -3.80. The number of alkyl halides is 3. The maximum Gasteiger partial charge on any atom is 0.433 e. The van der Waals surface area contributed by atoms with Crippen molar-refractivity contribution in [2.24, 2.45) is 5.92 Å². The number of aromatic nitrogens is 3. The van der Waals surface area contributed by atoms with E-state index in [9.17, 15) is 13.2 Å². The maximum absolute atomic E-state index is 13.2. The zero-order valence-electron chi connectivity index (χ0n) is 19.9. The zero-order chi connectivity index (χ0) is 25.3. The fraction of sp³-hybridized carbons (Fsp3) is 0.458. The highest BCUT2D eigenvalue weighted by molar-refractivity contribution is 5.92. The second kappa shape index (κ2) is 9.73. The number of hydrogen-bond acceptors (Lipinski definition) is 8. The van der Waals surface area contributed by atoms with Gasteiger partial charge in [-0.05, 0) is 51.0 Å². The van der Waals surface area contributed by atoms with E-state index in [2.05, 4.69) is 20.3 Å². The van der Waals surface area contributed by atoms with Crippen molar-refractivity contribution in [2.75, 3.05) is 31.4 Å². The van der Waals surface area contributed by atoms with Gasteiger partial charge in [0.25, 0.3) is 0 Å². The Bertz CT molecular complexity index is 1220. The van der Waals surface area contributed by atoms with Gasteiger partial charge in [-0.25, -0.2) is 15.0 Å². The molecule has 11 heteroatoms. The number of ether oxygens (including phenoxy) is 3. The summed E-state index contributed by atoms with van der Waals surface area (Å²) in [6.45, 7) is 6.80. The van der Waals surface area contributed by atoms with Crippen LogP contribution in [0, 0.1) is 12.8 Å². The minimum absolute atomic E-state index is 0.105. The molecule has 3 heterocycles. The van der Waals surface area contributed by atoms with Crippen LogP contribution in [0.1, 0.15) is 43.4 Å². The Morgan fingerprint density at radius 3 is 2.54 bits per heavy atom. The number of aryl methyl sites for hydroxylation is 1. The molecular weight excluding hydrogens is 463 g/mol. The van der Waals surface area contributed by atoms with E-state index in [1.54, 1.807) is 33.1 Å². The number of fused-ring (bicyclic) bond motifs is 1. The summed E-state index contributed by atoms with van der Waals surface area (Å²) < 4.78 is 57.0. The third-order valence-corrected chi connectivity index (χ3v) is 6.05. The smallest absolute Gasteiger partial charge is 0.433 e. The van der Waals surface area contributed by atoms with Crippen molar-refractivity contribution in [2.45, 2.75) is 45.5 Å². The van der Waals surface area contributed by atoms with Gasteiger partial charge in [-0.3, -0.25) is 0 Å². The fourth-order valence-electron chi connectivity index (χ4n) is 4.09. The number of benzene rings is 1. The first-order valence-electron chi connectivity index (χ1n) is 11.3. The molecule has 3 atom stereocenters. The molecule has 35 heavy (non-hydrogen) atoms. The molecule has 0 amide bonds. The minimum atomic E-state index is -4.61. The molecule has 0 saturated carbocycles. The second-order valence-electron chi connectivity index (χ2n) is 8.66. The van der Waals surface area contributed by atoms with Gasteiger partial charge in [-0.2, -0.15) is 13.2 Å². The first-order valence-corrected chi connectivity index (χ1v) is 11.3. The van der Waals surface area contributed by atoms with Crippen LogP contribution in [0.5, 0.6) is 11.5 Å². The number of rotatable bonds is 7. The van der Waals surface area contributed by atoms with Gasteiger partial charge in [0, 0.05) is 24.0 Å². The highest BCUT2D eigenvalue weighted by Gasteiger charge is 2.33. The first-order chi connectivity index (χ1) is 16.5. The van der Waals surface area contributed by atoms with Gasteiger partial charge in [-0.15, -0.1) is 0 Å². The van der Waals surface area contributed by atoms with Gasteiger partial charge in [0.1, 0.15) is 29.3 Å². The van der Waals surface area contributed by atoms with Gasteiger partial charge in [-0.1, -0.05) is 0 Å². The van der Waals surface area contributed by atoms with Crippen LogP contribution < -0.4 is 20.5 Å². The molecule has 0 radical (unpaired) electrons. The first kappa shape index (κ1) is 24.8. The van der Waals surface area contributed by atoms with Crippen molar-refractivity contribution in [1.82, 2.24) is 15.0 Å². The summed E-state index contributed by atoms with van der Waals surface area (Å²) >= 11 is 0.